The predicted octanol–water partition coefficient (Wildman–Crippen LogP) is 2.60. The third kappa shape index (κ3) is 3.60. The Labute approximate surface area is 148 Å². The first kappa shape index (κ1) is 17.6. The van der Waals surface area contributed by atoms with E-state index >= 15 is 0 Å². The fourth-order valence-electron chi connectivity index (χ4n) is 3.24. The van der Waals surface area contributed by atoms with Gasteiger partial charge in [-0.05, 0) is 30.0 Å². The number of carbonyl (C=O) groups is 1. The van der Waals surface area contributed by atoms with E-state index in [-0.39, 0.29) is 5.91 Å². The summed E-state index contributed by atoms with van der Waals surface area (Å²) < 4.78 is 25.4. The standard InChI is InChI=1S/C19H22N2O3S/c1-20(25(2,23)24)18(16-10-4-3-5-11-16)19(22)21-14-8-12-15-9-6-7-13-17(15)21/h3-7,9-11,13,18H,8,12,14H2,1-2H3/t18-/m0/s1. The molecule has 0 aromatic heterocycles. The van der Waals surface area contributed by atoms with Crippen LogP contribution in [-0.2, 0) is 21.2 Å². The molecule has 0 spiro atoms. The smallest absolute Gasteiger partial charge is 0.249 e. The minimum atomic E-state index is -3.53. The highest BCUT2D eigenvalue weighted by Gasteiger charge is 2.35. The van der Waals surface area contributed by atoms with Crippen molar-refractivity contribution < 1.29 is 13.2 Å². The summed E-state index contributed by atoms with van der Waals surface area (Å²) in [5.41, 5.74) is 2.67. The van der Waals surface area contributed by atoms with Crippen molar-refractivity contribution >= 4 is 21.6 Å². The van der Waals surface area contributed by atoms with Gasteiger partial charge in [0.15, 0.2) is 0 Å². The summed E-state index contributed by atoms with van der Waals surface area (Å²) in [4.78, 5) is 15.1. The highest BCUT2D eigenvalue weighted by Crippen LogP contribution is 2.32. The van der Waals surface area contributed by atoms with Gasteiger partial charge >= 0.3 is 0 Å². The first-order valence-electron chi connectivity index (χ1n) is 8.27. The quantitative estimate of drug-likeness (QED) is 0.844. The van der Waals surface area contributed by atoms with Gasteiger partial charge in [-0.3, -0.25) is 4.79 Å². The van der Waals surface area contributed by atoms with Crippen LogP contribution in [0.5, 0.6) is 0 Å². The zero-order valence-corrected chi connectivity index (χ0v) is 15.2. The summed E-state index contributed by atoms with van der Waals surface area (Å²) in [7, 11) is -2.07. The van der Waals surface area contributed by atoms with Crippen molar-refractivity contribution in [2.24, 2.45) is 0 Å². The maximum Gasteiger partial charge on any atom is 0.249 e. The van der Waals surface area contributed by atoms with Crippen LogP contribution in [0.2, 0.25) is 0 Å². The Morgan fingerprint density at radius 1 is 1.08 bits per heavy atom. The summed E-state index contributed by atoms with van der Waals surface area (Å²) in [6.07, 6.45) is 2.92. The molecule has 1 amide bonds. The molecular formula is C19H22N2O3S. The molecule has 2 aromatic rings. The zero-order valence-electron chi connectivity index (χ0n) is 14.4. The van der Waals surface area contributed by atoms with E-state index in [0.29, 0.717) is 12.1 Å². The number of fused-ring (bicyclic) bond motifs is 1. The van der Waals surface area contributed by atoms with Crippen LogP contribution in [0.1, 0.15) is 23.6 Å². The van der Waals surface area contributed by atoms with E-state index in [1.807, 2.05) is 42.5 Å². The summed E-state index contributed by atoms with van der Waals surface area (Å²) in [5, 5.41) is 0. The molecule has 2 aromatic carbocycles. The van der Waals surface area contributed by atoms with Crippen LogP contribution >= 0.6 is 0 Å². The van der Waals surface area contributed by atoms with Gasteiger partial charge in [0.25, 0.3) is 0 Å². The summed E-state index contributed by atoms with van der Waals surface area (Å²) in [6.45, 7) is 0.594. The van der Waals surface area contributed by atoms with Crippen LogP contribution in [0.4, 0.5) is 5.69 Å². The fraction of sp³-hybridized carbons (Fsp3) is 0.316. The number of aryl methyl sites for hydroxylation is 1. The lowest BCUT2D eigenvalue weighted by molar-refractivity contribution is -0.122. The molecule has 6 heteroatoms. The van der Waals surface area contributed by atoms with Gasteiger partial charge in [-0.25, -0.2) is 8.42 Å². The number of para-hydroxylation sites is 1. The van der Waals surface area contributed by atoms with E-state index in [2.05, 4.69) is 0 Å². The molecular weight excluding hydrogens is 336 g/mol. The van der Waals surface area contributed by atoms with E-state index < -0.39 is 16.1 Å². The zero-order chi connectivity index (χ0) is 18.0. The Balaban J connectivity index is 2.04. The Hall–Kier alpha value is -2.18. The highest BCUT2D eigenvalue weighted by molar-refractivity contribution is 7.88. The maximum absolute atomic E-state index is 13.4. The summed E-state index contributed by atoms with van der Waals surface area (Å²) >= 11 is 0. The molecule has 0 aliphatic carbocycles. The van der Waals surface area contributed by atoms with Crippen molar-refractivity contribution in [2.45, 2.75) is 18.9 Å². The largest absolute Gasteiger partial charge is 0.310 e. The minimum absolute atomic E-state index is 0.216. The second-order valence-corrected chi connectivity index (χ2v) is 8.36. The molecule has 1 atom stereocenters. The van der Waals surface area contributed by atoms with E-state index in [0.717, 1.165) is 34.7 Å². The molecule has 1 aliphatic rings. The van der Waals surface area contributed by atoms with Crippen LogP contribution in [-0.4, -0.2) is 38.5 Å². The molecule has 0 saturated heterocycles. The summed E-state index contributed by atoms with van der Waals surface area (Å²) in [6, 6.07) is 16.0. The van der Waals surface area contributed by atoms with Gasteiger partial charge < -0.3 is 4.90 Å². The lowest BCUT2D eigenvalue weighted by Gasteiger charge is -2.35. The van der Waals surface area contributed by atoms with Crippen molar-refractivity contribution in [3.63, 3.8) is 0 Å². The van der Waals surface area contributed by atoms with Crippen molar-refractivity contribution in [2.75, 3.05) is 24.7 Å². The number of likely N-dealkylation sites (N-methyl/N-ethyl adjacent to an activating group) is 1. The molecule has 3 rings (SSSR count). The first-order valence-corrected chi connectivity index (χ1v) is 10.1. The molecule has 25 heavy (non-hydrogen) atoms. The average molecular weight is 358 g/mol. The van der Waals surface area contributed by atoms with Crippen LogP contribution in [0.15, 0.2) is 54.6 Å². The average Bonchev–Trinajstić information content (AvgIpc) is 2.61. The number of hydrogen-bond donors (Lipinski definition) is 0. The molecule has 0 N–H and O–H groups in total. The van der Waals surface area contributed by atoms with Gasteiger partial charge in [-0.2, -0.15) is 4.31 Å². The molecule has 0 unspecified atom stereocenters. The van der Waals surface area contributed by atoms with Gasteiger partial charge in [-0.15, -0.1) is 0 Å². The van der Waals surface area contributed by atoms with Crippen LogP contribution < -0.4 is 4.90 Å². The van der Waals surface area contributed by atoms with Crippen molar-refractivity contribution in [1.82, 2.24) is 4.31 Å². The van der Waals surface area contributed by atoms with E-state index in [1.54, 1.807) is 17.0 Å². The van der Waals surface area contributed by atoms with Crippen molar-refractivity contribution in [3.05, 3.63) is 65.7 Å². The number of amides is 1. The predicted molar refractivity (Wildman–Crippen MR) is 98.9 cm³/mol. The van der Waals surface area contributed by atoms with Gasteiger partial charge in [0.2, 0.25) is 15.9 Å². The second-order valence-electron chi connectivity index (χ2n) is 6.31. The molecule has 0 saturated carbocycles. The number of anilines is 1. The summed E-state index contributed by atoms with van der Waals surface area (Å²) in [5.74, 6) is -0.216. The second kappa shape index (κ2) is 6.98. The molecule has 0 fully saturated rings. The molecule has 1 heterocycles. The molecule has 1 aliphatic heterocycles. The third-order valence-electron chi connectivity index (χ3n) is 4.61. The molecule has 5 nitrogen and oxygen atoms in total. The lowest BCUT2D eigenvalue weighted by Crippen LogP contribution is -2.45. The SMILES string of the molecule is CN([C@H](C(=O)N1CCCc2ccccc21)c1ccccc1)S(C)(=O)=O. The number of nitrogens with zero attached hydrogens (tertiary/aromatic N) is 2. The topological polar surface area (TPSA) is 57.7 Å². The lowest BCUT2D eigenvalue weighted by atomic mass is 9.99. The van der Waals surface area contributed by atoms with Crippen LogP contribution in [0.3, 0.4) is 0 Å². The van der Waals surface area contributed by atoms with Gasteiger partial charge in [-0.1, -0.05) is 48.5 Å². The van der Waals surface area contributed by atoms with Crippen molar-refractivity contribution in [3.8, 4) is 0 Å². The molecule has 0 bridgehead atoms. The maximum atomic E-state index is 13.4. The van der Waals surface area contributed by atoms with Crippen LogP contribution in [0.25, 0.3) is 0 Å². The fourth-order valence-corrected chi connectivity index (χ4v) is 3.84. The first-order chi connectivity index (χ1) is 11.9. The Bertz CT molecular complexity index is 865. The van der Waals surface area contributed by atoms with Gasteiger partial charge in [0.1, 0.15) is 6.04 Å². The third-order valence-corrected chi connectivity index (χ3v) is 5.87. The Kier molecular flexibility index (Phi) is 4.92. The monoisotopic (exact) mass is 358 g/mol. The van der Waals surface area contributed by atoms with Crippen LogP contribution in [0, 0.1) is 0 Å². The number of benzene rings is 2. The van der Waals surface area contributed by atoms with Crippen molar-refractivity contribution in [1.29, 1.82) is 0 Å². The number of rotatable bonds is 4. The highest BCUT2D eigenvalue weighted by atomic mass is 32.2. The number of hydrogen-bond acceptors (Lipinski definition) is 3. The van der Waals surface area contributed by atoms with E-state index in [4.69, 9.17) is 0 Å². The minimum Gasteiger partial charge on any atom is -0.310 e. The Morgan fingerprint density at radius 2 is 1.72 bits per heavy atom. The van der Waals surface area contributed by atoms with Gasteiger partial charge in [0, 0.05) is 19.3 Å². The van der Waals surface area contributed by atoms with E-state index in [9.17, 15) is 13.2 Å². The number of sulfonamides is 1. The Morgan fingerprint density at radius 3 is 2.40 bits per heavy atom. The number of carbonyl (C=O) groups excluding carboxylic acids is 1. The molecule has 132 valence electrons. The normalized spacial score (nSPS) is 15.7. The van der Waals surface area contributed by atoms with Gasteiger partial charge in [0.05, 0.1) is 6.26 Å². The molecule has 0 radical (unpaired) electrons. The van der Waals surface area contributed by atoms with E-state index in [1.165, 1.54) is 7.05 Å².